The standard InChI is InChI=1S/C7H7N3O2/c1-3-8-4-2-5(11)10-7(12)6(4)9-3/h2H2,1H3,(H,8,9)(H,10,11,12). The lowest BCUT2D eigenvalue weighted by atomic mass is 10.2. The van der Waals surface area contributed by atoms with Gasteiger partial charge in [-0.25, -0.2) is 4.98 Å². The number of carbonyl (C=O) groups is 2. The van der Waals surface area contributed by atoms with Crippen molar-refractivity contribution in [3.05, 3.63) is 17.2 Å². The molecule has 0 aliphatic carbocycles. The summed E-state index contributed by atoms with van der Waals surface area (Å²) in [6.45, 7) is 1.75. The topological polar surface area (TPSA) is 74.8 Å². The average molecular weight is 165 g/mol. The van der Waals surface area contributed by atoms with E-state index in [4.69, 9.17) is 0 Å². The Morgan fingerprint density at radius 1 is 1.42 bits per heavy atom. The molecule has 0 bridgehead atoms. The highest BCUT2D eigenvalue weighted by Crippen LogP contribution is 2.10. The van der Waals surface area contributed by atoms with Gasteiger partial charge in [-0.2, -0.15) is 0 Å². The van der Waals surface area contributed by atoms with Crippen LogP contribution in [-0.4, -0.2) is 21.8 Å². The number of aryl methyl sites for hydroxylation is 1. The Kier molecular flexibility index (Phi) is 1.27. The first-order chi connectivity index (χ1) is 5.66. The summed E-state index contributed by atoms with van der Waals surface area (Å²) >= 11 is 0. The summed E-state index contributed by atoms with van der Waals surface area (Å²) in [7, 11) is 0. The van der Waals surface area contributed by atoms with Gasteiger partial charge in [-0.1, -0.05) is 0 Å². The first kappa shape index (κ1) is 7.02. The number of H-pyrrole nitrogens is 1. The molecule has 0 radical (unpaired) electrons. The largest absolute Gasteiger partial charge is 0.345 e. The molecule has 0 saturated heterocycles. The zero-order valence-corrected chi connectivity index (χ0v) is 6.47. The highest BCUT2D eigenvalue weighted by Gasteiger charge is 2.25. The van der Waals surface area contributed by atoms with Gasteiger partial charge in [0.1, 0.15) is 11.5 Å². The van der Waals surface area contributed by atoms with Gasteiger partial charge >= 0.3 is 0 Å². The molecule has 2 rings (SSSR count). The fourth-order valence-electron chi connectivity index (χ4n) is 1.25. The SMILES string of the molecule is Cc1nc2c([nH]1)CC(=O)NC2=O. The molecular weight excluding hydrogens is 158 g/mol. The number of aromatic amines is 1. The zero-order chi connectivity index (χ0) is 8.72. The van der Waals surface area contributed by atoms with Crippen molar-refractivity contribution in [3.8, 4) is 0 Å². The van der Waals surface area contributed by atoms with Crippen molar-refractivity contribution in [2.45, 2.75) is 13.3 Å². The molecule has 1 aromatic heterocycles. The van der Waals surface area contributed by atoms with Gasteiger partial charge in [0.15, 0.2) is 0 Å². The van der Waals surface area contributed by atoms with E-state index in [2.05, 4.69) is 15.3 Å². The van der Waals surface area contributed by atoms with Crippen LogP contribution in [0.15, 0.2) is 0 Å². The third kappa shape index (κ3) is 0.903. The van der Waals surface area contributed by atoms with Gasteiger partial charge in [0.05, 0.1) is 12.1 Å². The van der Waals surface area contributed by atoms with Crippen LogP contribution in [0, 0.1) is 6.92 Å². The quantitative estimate of drug-likeness (QED) is 0.510. The molecule has 0 atom stereocenters. The average Bonchev–Trinajstić information content (AvgIpc) is 2.29. The van der Waals surface area contributed by atoms with Crippen molar-refractivity contribution in [2.24, 2.45) is 0 Å². The van der Waals surface area contributed by atoms with Crippen LogP contribution < -0.4 is 5.32 Å². The van der Waals surface area contributed by atoms with Crippen LogP contribution in [0.5, 0.6) is 0 Å². The van der Waals surface area contributed by atoms with Crippen molar-refractivity contribution in [1.29, 1.82) is 0 Å². The minimum atomic E-state index is -0.411. The number of hydrogen-bond donors (Lipinski definition) is 2. The number of imidazole rings is 1. The van der Waals surface area contributed by atoms with Crippen LogP contribution in [0.2, 0.25) is 0 Å². The van der Waals surface area contributed by atoms with E-state index in [1.54, 1.807) is 6.92 Å². The number of fused-ring (bicyclic) bond motifs is 1. The Bertz CT molecular complexity index is 367. The minimum absolute atomic E-state index is 0.210. The number of carbonyl (C=O) groups excluding carboxylic acids is 2. The van der Waals surface area contributed by atoms with Gasteiger partial charge in [-0.15, -0.1) is 0 Å². The number of rotatable bonds is 0. The number of nitrogens with one attached hydrogen (secondary N) is 2. The summed E-state index contributed by atoms with van der Waals surface area (Å²) in [6.07, 6.45) is 0.210. The first-order valence-electron chi connectivity index (χ1n) is 3.56. The molecule has 1 aliphatic rings. The fraction of sp³-hybridized carbons (Fsp3) is 0.286. The van der Waals surface area contributed by atoms with E-state index in [-0.39, 0.29) is 12.3 Å². The van der Waals surface area contributed by atoms with Gasteiger partial charge < -0.3 is 4.98 Å². The van der Waals surface area contributed by atoms with Crippen LogP contribution in [0.4, 0.5) is 0 Å². The monoisotopic (exact) mass is 165 g/mol. The van der Waals surface area contributed by atoms with E-state index < -0.39 is 5.91 Å². The number of amides is 2. The molecule has 5 heteroatoms. The smallest absolute Gasteiger partial charge is 0.278 e. The molecule has 0 saturated carbocycles. The maximum atomic E-state index is 11.1. The Morgan fingerprint density at radius 3 is 2.92 bits per heavy atom. The predicted molar refractivity (Wildman–Crippen MR) is 39.5 cm³/mol. The Labute approximate surface area is 68.2 Å². The molecule has 62 valence electrons. The van der Waals surface area contributed by atoms with Crippen LogP contribution >= 0.6 is 0 Å². The lowest BCUT2D eigenvalue weighted by Gasteiger charge is -2.08. The van der Waals surface area contributed by atoms with Gasteiger partial charge in [-0.05, 0) is 6.92 Å². The summed E-state index contributed by atoms with van der Waals surface area (Å²) in [4.78, 5) is 28.8. The molecule has 2 amide bonds. The highest BCUT2D eigenvalue weighted by atomic mass is 16.2. The van der Waals surface area contributed by atoms with Gasteiger partial charge in [-0.3, -0.25) is 14.9 Å². The lowest BCUT2D eigenvalue weighted by molar-refractivity contribution is -0.119. The Morgan fingerprint density at radius 2 is 2.17 bits per heavy atom. The third-order valence-corrected chi connectivity index (χ3v) is 1.70. The molecule has 1 aromatic rings. The molecule has 2 N–H and O–H groups in total. The Hall–Kier alpha value is -1.65. The van der Waals surface area contributed by atoms with E-state index in [1.165, 1.54) is 0 Å². The fourth-order valence-corrected chi connectivity index (χ4v) is 1.25. The molecule has 5 nitrogen and oxygen atoms in total. The predicted octanol–water partition coefficient (Wildman–Crippen LogP) is -0.469. The summed E-state index contributed by atoms with van der Waals surface area (Å²) < 4.78 is 0. The van der Waals surface area contributed by atoms with E-state index in [0.29, 0.717) is 17.2 Å². The number of hydrogen-bond acceptors (Lipinski definition) is 3. The molecule has 2 heterocycles. The second-order valence-electron chi connectivity index (χ2n) is 2.70. The van der Waals surface area contributed by atoms with Crippen LogP contribution in [0.3, 0.4) is 0 Å². The normalized spacial score (nSPS) is 15.8. The Balaban J connectivity index is 2.53. The maximum absolute atomic E-state index is 11.1. The van der Waals surface area contributed by atoms with Gasteiger partial charge in [0.25, 0.3) is 5.91 Å². The molecular formula is C7H7N3O2. The van der Waals surface area contributed by atoms with Crippen LogP contribution in [-0.2, 0) is 11.2 Å². The highest BCUT2D eigenvalue weighted by molar-refractivity contribution is 6.08. The maximum Gasteiger partial charge on any atom is 0.278 e. The van der Waals surface area contributed by atoms with Crippen molar-refractivity contribution in [1.82, 2.24) is 15.3 Å². The molecule has 1 aliphatic heterocycles. The molecule has 0 fully saturated rings. The van der Waals surface area contributed by atoms with E-state index in [0.717, 1.165) is 0 Å². The third-order valence-electron chi connectivity index (χ3n) is 1.70. The van der Waals surface area contributed by atoms with E-state index in [9.17, 15) is 9.59 Å². The summed E-state index contributed by atoms with van der Waals surface area (Å²) in [6, 6.07) is 0. The molecule has 0 aromatic carbocycles. The van der Waals surface area contributed by atoms with Crippen molar-refractivity contribution in [3.63, 3.8) is 0 Å². The second kappa shape index (κ2) is 2.17. The summed E-state index contributed by atoms with van der Waals surface area (Å²) in [5.41, 5.74) is 0.952. The van der Waals surface area contributed by atoms with E-state index in [1.807, 2.05) is 0 Å². The number of aromatic nitrogens is 2. The molecule has 0 unspecified atom stereocenters. The van der Waals surface area contributed by atoms with Crippen molar-refractivity contribution >= 4 is 11.8 Å². The first-order valence-corrected chi connectivity index (χ1v) is 3.56. The summed E-state index contributed by atoms with van der Waals surface area (Å²) in [5, 5.41) is 2.19. The van der Waals surface area contributed by atoms with Crippen LogP contribution in [0.1, 0.15) is 22.0 Å². The van der Waals surface area contributed by atoms with Crippen molar-refractivity contribution < 1.29 is 9.59 Å². The number of imide groups is 1. The van der Waals surface area contributed by atoms with Crippen LogP contribution in [0.25, 0.3) is 0 Å². The number of nitrogens with zero attached hydrogens (tertiary/aromatic N) is 1. The van der Waals surface area contributed by atoms with Gasteiger partial charge in [0, 0.05) is 0 Å². The minimum Gasteiger partial charge on any atom is -0.345 e. The molecule has 12 heavy (non-hydrogen) atoms. The molecule has 0 spiro atoms. The van der Waals surface area contributed by atoms with E-state index >= 15 is 0 Å². The zero-order valence-electron chi connectivity index (χ0n) is 6.47. The lowest BCUT2D eigenvalue weighted by Crippen LogP contribution is -2.37. The van der Waals surface area contributed by atoms with Crippen molar-refractivity contribution in [2.75, 3.05) is 0 Å². The summed E-state index contributed by atoms with van der Waals surface area (Å²) in [5.74, 6) is -0.0356. The second-order valence-corrected chi connectivity index (χ2v) is 2.70. The van der Waals surface area contributed by atoms with Gasteiger partial charge in [0.2, 0.25) is 5.91 Å².